The van der Waals surface area contributed by atoms with Gasteiger partial charge < -0.3 is 14.6 Å². The van der Waals surface area contributed by atoms with Crippen molar-refractivity contribution < 1.29 is 19.4 Å². The molecule has 0 radical (unpaired) electrons. The van der Waals surface area contributed by atoms with Crippen LogP contribution >= 0.6 is 0 Å². The summed E-state index contributed by atoms with van der Waals surface area (Å²) in [6.07, 6.45) is 1.41. The van der Waals surface area contributed by atoms with Crippen molar-refractivity contribution in [2.45, 2.75) is 0 Å². The van der Waals surface area contributed by atoms with E-state index in [1.54, 1.807) is 60.7 Å². The van der Waals surface area contributed by atoms with E-state index in [4.69, 9.17) is 4.74 Å². The summed E-state index contributed by atoms with van der Waals surface area (Å²) in [7, 11) is 0. The number of aliphatic carboxylic acids is 1. The minimum Gasteiger partial charge on any atom is -0.546 e. The maximum atomic E-state index is 12.9. The summed E-state index contributed by atoms with van der Waals surface area (Å²) in [5, 5.41) is 18.8. The molecule has 3 rings (SSSR count). The van der Waals surface area contributed by atoms with Crippen LogP contribution in [0.15, 0.2) is 95.1 Å². The summed E-state index contributed by atoms with van der Waals surface area (Å²) in [6.45, 7) is -0.574. The summed E-state index contributed by atoms with van der Waals surface area (Å²) < 4.78 is 5.19. The van der Waals surface area contributed by atoms with Gasteiger partial charge in [-0.25, -0.2) is 0 Å². The lowest BCUT2D eigenvalue weighted by molar-refractivity contribution is -0.307. The lowest BCUT2D eigenvalue weighted by Gasteiger charge is -2.08. The van der Waals surface area contributed by atoms with E-state index in [0.29, 0.717) is 22.4 Å². The molecule has 144 valence electrons. The number of para-hydroxylation sites is 1. The zero-order chi connectivity index (χ0) is 20.5. The number of ether oxygens (including phenoxy) is 1. The largest absolute Gasteiger partial charge is 0.546 e. The topological polar surface area (TPSA) is 91.2 Å². The average molecular weight is 385 g/mol. The summed E-state index contributed by atoms with van der Waals surface area (Å²) in [6, 6.07) is 24.6. The van der Waals surface area contributed by atoms with Crippen LogP contribution in [0.1, 0.15) is 21.5 Å². The fourth-order valence-electron chi connectivity index (χ4n) is 2.56. The SMILES string of the molecule is O=C([O-])COc1ccccc1/C=N\N=C(/C(=O)c1ccccc1)c1ccccc1. The molecule has 0 bridgehead atoms. The Labute approximate surface area is 167 Å². The number of nitrogens with zero attached hydrogens (tertiary/aromatic N) is 2. The van der Waals surface area contributed by atoms with Crippen LogP contribution in [0.5, 0.6) is 5.75 Å². The van der Waals surface area contributed by atoms with Crippen molar-refractivity contribution >= 4 is 23.7 Å². The molecule has 0 aliphatic heterocycles. The molecule has 0 atom stereocenters. The highest BCUT2D eigenvalue weighted by atomic mass is 16.5. The number of hydrogen-bond acceptors (Lipinski definition) is 6. The van der Waals surface area contributed by atoms with Crippen LogP contribution in [-0.4, -0.2) is 30.3 Å². The number of carbonyl (C=O) groups is 2. The number of ketones is 1. The predicted octanol–water partition coefficient (Wildman–Crippen LogP) is 2.52. The summed E-state index contributed by atoms with van der Waals surface area (Å²) in [5.41, 5.74) is 1.86. The molecule has 3 aromatic rings. The van der Waals surface area contributed by atoms with Crippen molar-refractivity contribution in [3.8, 4) is 5.75 Å². The van der Waals surface area contributed by atoms with Crippen molar-refractivity contribution in [3.05, 3.63) is 102 Å². The molecule has 0 spiro atoms. The number of carbonyl (C=O) groups excluding carboxylic acids is 2. The van der Waals surface area contributed by atoms with Crippen LogP contribution in [-0.2, 0) is 4.79 Å². The van der Waals surface area contributed by atoms with Gasteiger partial charge in [0.15, 0.2) is 0 Å². The van der Waals surface area contributed by atoms with Crippen molar-refractivity contribution in [2.24, 2.45) is 10.2 Å². The minimum absolute atomic E-state index is 0.196. The second-order valence-corrected chi connectivity index (χ2v) is 5.95. The second-order valence-electron chi connectivity index (χ2n) is 5.95. The Bertz CT molecular complexity index is 1040. The molecule has 0 aromatic heterocycles. The number of benzene rings is 3. The molecule has 0 fully saturated rings. The summed E-state index contributed by atoms with van der Waals surface area (Å²) in [5.74, 6) is -1.25. The zero-order valence-corrected chi connectivity index (χ0v) is 15.4. The van der Waals surface area contributed by atoms with Crippen LogP contribution in [0.3, 0.4) is 0 Å². The van der Waals surface area contributed by atoms with Gasteiger partial charge in [0, 0.05) is 16.7 Å². The Balaban J connectivity index is 1.92. The number of carboxylic acid groups (broad SMARTS) is 1. The first-order valence-electron chi connectivity index (χ1n) is 8.83. The molecule has 29 heavy (non-hydrogen) atoms. The summed E-state index contributed by atoms with van der Waals surface area (Å²) in [4.78, 5) is 23.6. The molecule has 0 aliphatic rings. The Hall–Kier alpha value is -4.06. The fraction of sp³-hybridized carbons (Fsp3) is 0.0435. The Morgan fingerprint density at radius 3 is 2.07 bits per heavy atom. The van der Waals surface area contributed by atoms with Crippen LogP contribution in [0.25, 0.3) is 0 Å². The molecule has 6 heteroatoms. The quantitative estimate of drug-likeness (QED) is 0.338. The van der Waals surface area contributed by atoms with Gasteiger partial charge in [-0.3, -0.25) is 4.79 Å². The van der Waals surface area contributed by atoms with Gasteiger partial charge in [-0.05, 0) is 12.1 Å². The molecular weight excluding hydrogens is 368 g/mol. The fourth-order valence-corrected chi connectivity index (χ4v) is 2.56. The third kappa shape index (κ3) is 5.46. The summed E-state index contributed by atoms with van der Waals surface area (Å²) >= 11 is 0. The van der Waals surface area contributed by atoms with E-state index in [9.17, 15) is 14.7 Å². The third-order valence-corrected chi connectivity index (χ3v) is 3.92. The number of hydrogen-bond donors (Lipinski definition) is 0. The normalized spacial score (nSPS) is 11.4. The Morgan fingerprint density at radius 2 is 1.41 bits per heavy atom. The molecule has 0 aliphatic carbocycles. The van der Waals surface area contributed by atoms with Crippen molar-refractivity contribution in [1.82, 2.24) is 0 Å². The van der Waals surface area contributed by atoms with Gasteiger partial charge in [-0.1, -0.05) is 72.8 Å². The van der Waals surface area contributed by atoms with E-state index in [0.717, 1.165) is 0 Å². The van der Waals surface area contributed by atoms with Gasteiger partial charge >= 0.3 is 0 Å². The Kier molecular flexibility index (Phi) is 6.62. The molecule has 0 amide bonds. The van der Waals surface area contributed by atoms with Gasteiger partial charge in [0.05, 0.1) is 12.2 Å². The number of rotatable bonds is 8. The van der Waals surface area contributed by atoms with Crippen molar-refractivity contribution in [3.63, 3.8) is 0 Å². The molecule has 3 aromatic carbocycles. The van der Waals surface area contributed by atoms with Gasteiger partial charge in [0.25, 0.3) is 0 Å². The van der Waals surface area contributed by atoms with E-state index in [1.807, 2.05) is 24.3 Å². The molecule has 6 nitrogen and oxygen atoms in total. The smallest absolute Gasteiger partial charge is 0.213 e. The van der Waals surface area contributed by atoms with Crippen LogP contribution in [0.4, 0.5) is 0 Å². The van der Waals surface area contributed by atoms with Crippen LogP contribution < -0.4 is 9.84 Å². The Morgan fingerprint density at radius 1 is 0.828 bits per heavy atom. The van der Waals surface area contributed by atoms with E-state index >= 15 is 0 Å². The second kappa shape index (κ2) is 9.75. The van der Waals surface area contributed by atoms with Gasteiger partial charge in [0.1, 0.15) is 18.1 Å². The molecule has 0 N–H and O–H groups in total. The molecule has 0 heterocycles. The van der Waals surface area contributed by atoms with Crippen molar-refractivity contribution in [2.75, 3.05) is 6.61 Å². The van der Waals surface area contributed by atoms with Gasteiger partial charge in [0.2, 0.25) is 5.78 Å². The predicted molar refractivity (Wildman–Crippen MR) is 108 cm³/mol. The van der Waals surface area contributed by atoms with E-state index in [1.165, 1.54) is 6.21 Å². The van der Waals surface area contributed by atoms with E-state index < -0.39 is 12.6 Å². The minimum atomic E-state index is -1.32. The molecule has 0 unspecified atom stereocenters. The maximum absolute atomic E-state index is 12.9. The zero-order valence-electron chi connectivity index (χ0n) is 15.4. The third-order valence-electron chi connectivity index (χ3n) is 3.92. The maximum Gasteiger partial charge on any atom is 0.213 e. The van der Waals surface area contributed by atoms with Crippen LogP contribution in [0.2, 0.25) is 0 Å². The highest BCUT2D eigenvalue weighted by molar-refractivity contribution is 6.51. The lowest BCUT2D eigenvalue weighted by Crippen LogP contribution is -2.29. The highest BCUT2D eigenvalue weighted by Gasteiger charge is 2.16. The van der Waals surface area contributed by atoms with Crippen molar-refractivity contribution in [1.29, 1.82) is 0 Å². The van der Waals surface area contributed by atoms with Gasteiger partial charge in [-0.15, -0.1) is 5.10 Å². The number of Topliss-reactive ketones (excluding diaryl/α,β-unsaturated/α-hetero) is 1. The van der Waals surface area contributed by atoms with E-state index in [2.05, 4.69) is 10.2 Å². The molecule has 0 saturated carbocycles. The highest BCUT2D eigenvalue weighted by Crippen LogP contribution is 2.16. The first kappa shape index (κ1) is 19.7. The average Bonchev–Trinajstić information content (AvgIpc) is 2.76. The monoisotopic (exact) mass is 385 g/mol. The standard InChI is InChI=1S/C23H18N2O4/c26-21(27)16-29-20-14-8-7-13-19(20)15-24-25-22(17-9-3-1-4-10-17)23(28)18-11-5-2-6-12-18/h1-15H,16H2,(H,26,27)/p-1/b24-15-,25-22-. The van der Waals surface area contributed by atoms with E-state index in [-0.39, 0.29) is 11.5 Å². The van der Waals surface area contributed by atoms with Crippen LogP contribution in [0, 0.1) is 0 Å². The van der Waals surface area contributed by atoms with Gasteiger partial charge in [-0.2, -0.15) is 5.10 Å². The number of carboxylic acids is 1. The first-order chi connectivity index (χ1) is 14.1. The first-order valence-corrected chi connectivity index (χ1v) is 8.83. The lowest BCUT2D eigenvalue weighted by atomic mass is 10.0. The molecule has 0 saturated heterocycles. The molecular formula is C23H17N2O4-.